The van der Waals surface area contributed by atoms with Gasteiger partial charge in [0.05, 0.1) is 28.8 Å². The molecule has 2 fully saturated rings. The highest BCUT2D eigenvalue weighted by atomic mass is 32.1. The van der Waals surface area contributed by atoms with Gasteiger partial charge in [-0.25, -0.2) is 0 Å². The number of rotatable bonds is 11. The first-order valence-electron chi connectivity index (χ1n) is 12.7. The molecule has 0 radical (unpaired) electrons. The molecule has 2 saturated heterocycles. The van der Waals surface area contributed by atoms with Crippen LogP contribution in [0.1, 0.15) is 69.9 Å². The normalized spacial score (nSPS) is 20.1. The Morgan fingerprint density at radius 2 is 1.78 bits per heavy atom. The molecule has 0 bridgehead atoms. The molecular weight excluding hydrogens is 503 g/mol. The number of likely N-dealkylation sites (tertiary alicyclic amines) is 1. The van der Waals surface area contributed by atoms with Gasteiger partial charge in [0.15, 0.2) is 5.11 Å². The number of carbonyl (C=O) groups excluding carboxylic acids is 2. The second-order valence-electron chi connectivity index (χ2n) is 10.3. The number of benzene rings is 1. The van der Waals surface area contributed by atoms with Crippen LogP contribution in [-0.2, 0) is 15.8 Å². The summed E-state index contributed by atoms with van der Waals surface area (Å²) in [5, 5.41) is 9.22. The van der Waals surface area contributed by atoms with Gasteiger partial charge in [0.2, 0.25) is 5.91 Å². The molecule has 202 valence electrons. The van der Waals surface area contributed by atoms with Crippen LogP contribution in [0.4, 0.5) is 18.9 Å². The van der Waals surface area contributed by atoms with Crippen molar-refractivity contribution in [2.24, 2.45) is 11.7 Å². The predicted molar refractivity (Wildman–Crippen MR) is 138 cm³/mol. The number of primary amides is 1. The SMILES string of the molecule is CC1(C)C(=O)N(c2ccc(C#N)c(C(F)(F)F)c2)C(=S)N1CCCCCCCCN1CCC(C(N)=O)C1. The zero-order chi connectivity index (χ0) is 27.4. The van der Waals surface area contributed by atoms with E-state index in [0.717, 1.165) is 81.6 Å². The van der Waals surface area contributed by atoms with Gasteiger partial charge in [0, 0.05) is 13.1 Å². The fourth-order valence-electron chi connectivity index (χ4n) is 5.02. The highest BCUT2D eigenvalue weighted by molar-refractivity contribution is 7.80. The Labute approximate surface area is 221 Å². The number of nitrogens with zero attached hydrogens (tertiary/aromatic N) is 4. The molecule has 0 saturated carbocycles. The van der Waals surface area contributed by atoms with Crippen LogP contribution in [0.3, 0.4) is 0 Å². The Balaban J connectivity index is 1.48. The first-order chi connectivity index (χ1) is 17.4. The number of amides is 2. The molecule has 1 aromatic rings. The number of alkyl halides is 3. The number of halogens is 3. The van der Waals surface area contributed by atoms with Gasteiger partial charge in [-0.15, -0.1) is 0 Å². The van der Waals surface area contributed by atoms with Gasteiger partial charge in [-0.3, -0.25) is 14.5 Å². The van der Waals surface area contributed by atoms with Gasteiger partial charge in [-0.05, 0) is 76.6 Å². The summed E-state index contributed by atoms with van der Waals surface area (Å²) in [5.74, 6) is -0.626. The summed E-state index contributed by atoms with van der Waals surface area (Å²) in [4.78, 5) is 29.6. The average molecular weight is 538 g/mol. The zero-order valence-corrected chi connectivity index (χ0v) is 22.1. The molecule has 1 atom stereocenters. The van der Waals surface area contributed by atoms with Crippen molar-refractivity contribution in [3.8, 4) is 6.07 Å². The van der Waals surface area contributed by atoms with Crippen molar-refractivity contribution in [2.45, 2.75) is 70.5 Å². The first-order valence-corrected chi connectivity index (χ1v) is 13.1. The maximum Gasteiger partial charge on any atom is 0.417 e. The Hall–Kier alpha value is -2.71. The second kappa shape index (κ2) is 11.8. The summed E-state index contributed by atoms with van der Waals surface area (Å²) in [6, 6.07) is 4.77. The lowest BCUT2D eigenvalue weighted by Gasteiger charge is -2.29. The first kappa shape index (κ1) is 28.9. The summed E-state index contributed by atoms with van der Waals surface area (Å²) in [6.07, 6.45) is 2.16. The molecule has 1 aromatic carbocycles. The topological polar surface area (TPSA) is 93.7 Å². The van der Waals surface area contributed by atoms with E-state index in [4.69, 9.17) is 23.2 Å². The molecule has 0 aliphatic carbocycles. The van der Waals surface area contributed by atoms with Gasteiger partial charge in [-0.2, -0.15) is 18.4 Å². The van der Waals surface area contributed by atoms with Crippen molar-refractivity contribution < 1.29 is 22.8 Å². The quantitative estimate of drug-likeness (QED) is 0.332. The molecule has 2 amide bonds. The maximum absolute atomic E-state index is 13.4. The van der Waals surface area contributed by atoms with E-state index >= 15 is 0 Å². The second-order valence-corrected chi connectivity index (χ2v) is 10.6. The summed E-state index contributed by atoms with van der Waals surface area (Å²) in [5.41, 5.74) is 2.82. The number of hydrogen-bond donors (Lipinski definition) is 1. The molecule has 7 nitrogen and oxygen atoms in total. The van der Waals surface area contributed by atoms with Crippen LogP contribution in [0.2, 0.25) is 0 Å². The summed E-state index contributed by atoms with van der Waals surface area (Å²) in [6.45, 7) is 6.63. The van der Waals surface area contributed by atoms with E-state index in [1.165, 1.54) is 6.07 Å². The van der Waals surface area contributed by atoms with Crippen LogP contribution < -0.4 is 10.6 Å². The molecule has 1 unspecified atom stereocenters. The van der Waals surface area contributed by atoms with Crippen molar-refractivity contribution in [2.75, 3.05) is 31.1 Å². The highest BCUT2D eigenvalue weighted by Crippen LogP contribution is 2.38. The van der Waals surface area contributed by atoms with Crippen LogP contribution in [0, 0.1) is 17.2 Å². The zero-order valence-electron chi connectivity index (χ0n) is 21.3. The molecule has 0 aromatic heterocycles. The van der Waals surface area contributed by atoms with Crippen LogP contribution in [0.5, 0.6) is 0 Å². The molecule has 2 N–H and O–H groups in total. The van der Waals surface area contributed by atoms with Crippen LogP contribution >= 0.6 is 12.2 Å². The van der Waals surface area contributed by atoms with E-state index < -0.39 is 28.7 Å². The average Bonchev–Trinajstić information content (AvgIpc) is 3.37. The maximum atomic E-state index is 13.4. The lowest BCUT2D eigenvalue weighted by molar-refractivity contribution is -0.137. The van der Waals surface area contributed by atoms with Crippen molar-refractivity contribution in [3.05, 3.63) is 29.3 Å². The van der Waals surface area contributed by atoms with Crippen molar-refractivity contribution >= 4 is 34.8 Å². The minimum Gasteiger partial charge on any atom is -0.369 e. The Morgan fingerprint density at radius 3 is 2.35 bits per heavy atom. The van der Waals surface area contributed by atoms with E-state index in [1.807, 2.05) is 0 Å². The number of thiocarbonyl (C=S) groups is 1. The van der Waals surface area contributed by atoms with Gasteiger partial charge >= 0.3 is 6.18 Å². The largest absolute Gasteiger partial charge is 0.417 e. The molecule has 2 aliphatic heterocycles. The molecule has 0 spiro atoms. The Kier molecular flexibility index (Phi) is 9.18. The van der Waals surface area contributed by atoms with Gasteiger partial charge in [0.1, 0.15) is 5.54 Å². The third-order valence-electron chi connectivity index (χ3n) is 7.29. The Morgan fingerprint density at radius 1 is 1.16 bits per heavy atom. The van der Waals surface area contributed by atoms with E-state index in [-0.39, 0.29) is 22.6 Å². The standard InChI is InChI=1S/C26H34F3N5O2S/c1-25(2)23(36)34(20-10-9-18(16-30)21(15-20)26(27,28)29)24(37)33(25)13-8-6-4-3-5-7-12-32-14-11-19(17-32)22(31)35/h9-10,15,19H,3-8,11-14,17H2,1-2H3,(H2,31,35). The third-order valence-corrected chi connectivity index (χ3v) is 7.69. The van der Waals surface area contributed by atoms with Gasteiger partial charge < -0.3 is 15.5 Å². The summed E-state index contributed by atoms with van der Waals surface area (Å²) < 4.78 is 40.3. The molecule has 11 heteroatoms. The lowest BCUT2D eigenvalue weighted by Crippen LogP contribution is -2.44. The number of nitrogens with two attached hydrogens (primary N) is 1. The number of hydrogen-bond acceptors (Lipinski definition) is 5. The molecule has 37 heavy (non-hydrogen) atoms. The van der Waals surface area contributed by atoms with Gasteiger partial charge in [0.25, 0.3) is 5.91 Å². The molecule has 3 rings (SSSR count). The number of unbranched alkanes of at least 4 members (excludes halogenated alkanes) is 5. The molecular formula is C26H34F3N5O2S. The Bertz CT molecular complexity index is 1070. The van der Waals surface area contributed by atoms with Crippen LogP contribution in [0.15, 0.2) is 18.2 Å². The van der Waals surface area contributed by atoms with E-state index in [9.17, 15) is 22.8 Å². The molecule has 2 aliphatic rings. The number of anilines is 1. The van der Waals surface area contributed by atoms with E-state index in [0.29, 0.717) is 6.54 Å². The third kappa shape index (κ3) is 6.60. The smallest absolute Gasteiger partial charge is 0.369 e. The number of carbonyl (C=O) groups is 2. The van der Waals surface area contributed by atoms with E-state index in [2.05, 4.69) is 4.90 Å². The van der Waals surface area contributed by atoms with Crippen LogP contribution in [0.25, 0.3) is 0 Å². The van der Waals surface area contributed by atoms with Crippen molar-refractivity contribution in [3.63, 3.8) is 0 Å². The van der Waals surface area contributed by atoms with Crippen molar-refractivity contribution in [1.82, 2.24) is 9.80 Å². The fraction of sp³-hybridized carbons (Fsp3) is 0.615. The summed E-state index contributed by atoms with van der Waals surface area (Å²) >= 11 is 5.53. The minimum absolute atomic E-state index is 0.0112. The number of nitriles is 1. The predicted octanol–water partition coefficient (Wildman–Crippen LogP) is 4.44. The van der Waals surface area contributed by atoms with Gasteiger partial charge in [-0.1, -0.05) is 25.7 Å². The summed E-state index contributed by atoms with van der Waals surface area (Å²) in [7, 11) is 0. The minimum atomic E-state index is -4.72. The van der Waals surface area contributed by atoms with E-state index in [1.54, 1.807) is 24.8 Å². The fourth-order valence-corrected chi connectivity index (χ4v) is 5.53. The highest BCUT2D eigenvalue weighted by Gasteiger charge is 2.49. The monoisotopic (exact) mass is 537 g/mol. The molecule has 2 heterocycles. The lowest BCUT2D eigenvalue weighted by atomic mass is 10.0. The van der Waals surface area contributed by atoms with Crippen LogP contribution in [-0.4, -0.2) is 58.4 Å². The van der Waals surface area contributed by atoms with Crippen molar-refractivity contribution in [1.29, 1.82) is 5.26 Å².